The summed E-state index contributed by atoms with van der Waals surface area (Å²) in [7, 11) is 0. The van der Waals surface area contributed by atoms with E-state index in [2.05, 4.69) is 5.32 Å². The van der Waals surface area contributed by atoms with E-state index in [1.54, 1.807) is 42.0 Å². The standard InChI is InChI=1S/C16H17ClN2O4/c1-11-16(14(21)6-7-19(11)8-9-20)23-10-15(22)18-13-5-3-2-4-12(13)17/h2-7,20H,8-10H2,1H3,(H,18,22). The van der Waals surface area contributed by atoms with Crippen molar-refractivity contribution in [2.45, 2.75) is 13.5 Å². The molecule has 2 rings (SSSR count). The quantitative estimate of drug-likeness (QED) is 0.843. The van der Waals surface area contributed by atoms with Crippen molar-refractivity contribution in [2.75, 3.05) is 18.5 Å². The molecule has 122 valence electrons. The Morgan fingerprint density at radius 1 is 1.35 bits per heavy atom. The number of anilines is 1. The van der Waals surface area contributed by atoms with E-state index < -0.39 is 5.91 Å². The van der Waals surface area contributed by atoms with E-state index in [4.69, 9.17) is 21.4 Å². The number of aliphatic hydroxyl groups excluding tert-OH is 1. The molecule has 0 saturated carbocycles. The number of hydrogen-bond acceptors (Lipinski definition) is 4. The van der Waals surface area contributed by atoms with Crippen molar-refractivity contribution >= 4 is 23.2 Å². The predicted octanol–water partition coefficient (Wildman–Crippen LogP) is 1.82. The van der Waals surface area contributed by atoms with Gasteiger partial charge >= 0.3 is 0 Å². The van der Waals surface area contributed by atoms with Gasteiger partial charge in [-0.1, -0.05) is 23.7 Å². The highest BCUT2D eigenvalue weighted by molar-refractivity contribution is 6.33. The first-order valence-corrected chi connectivity index (χ1v) is 7.39. The molecule has 7 heteroatoms. The number of pyridine rings is 1. The fraction of sp³-hybridized carbons (Fsp3) is 0.250. The number of halogens is 1. The minimum absolute atomic E-state index is 0.0594. The lowest BCUT2D eigenvalue weighted by molar-refractivity contribution is -0.118. The molecule has 0 aliphatic heterocycles. The van der Waals surface area contributed by atoms with E-state index in [9.17, 15) is 9.59 Å². The molecular weight excluding hydrogens is 320 g/mol. The number of rotatable bonds is 6. The van der Waals surface area contributed by atoms with E-state index in [1.807, 2.05) is 0 Å². The molecule has 2 N–H and O–H groups in total. The van der Waals surface area contributed by atoms with Crippen LogP contribution in [0.2, 0.25) is 5.02 Å². The van der Waals surface area contributed by atoms with Crippen LogP contribution in [0.15, 0.2) is 41.3 Å². The molecule has 1 heterocycles. The molecular formula is C16H17ClN2O4. The molecule has 0 saturated heterocycles. The smallest absolute Gasteiger partial charge is 0.262 e. The van der Waals surface area contributed by atoms with E-state index >= 15 is 0 Å². The van der Waals surface area contributed by atoms with Crippen LogP contribution in [0.1, 0.15) is 5.69 Å². The molecule has 1 aromatic heterocycles. The summed E-state index contributed by atoms with van der Waals surface area (Å²) in [4.78, 5) is 23.8. The zero-order chi connectivity index (χ0) is 16.8. The van der Waals surface area contributed by atoms with Crippen molar-refractivity contribution in [1.82, 2.24) is 4.57 Å². The molecule has 0 spiro atoms. The molecule has 0 unspecified atom stereocenters. The van der Waals surface area contributed by atoms with Crippen molar-refractivity contribution in [2.24, 2.45) is 0 Å². The second kappa shape index (κ2) is 7.80. The Hall–Kier alpha value is -2.31. The van der Waals surface area contributed by atoms with Gasteiger partial charge in [-0.3, -0.25) is 9.59 Å². The van der Waals surface area contributed by atoms with Crippen LogP contribution < -0.4 is 15.5 Å². The Morgan fingerprint density at radius 3 is 2.78 bits per heavy atom. The van der Waals surface area contributed by atoms with Crippen LogP contribution in [-0.4, -0.2) is 28.8 Å². The van der Waals surface area contributed by atoms with Gasteiger partial charge in [0.1, 0.15) is 0 Å². The summed E-state index contributed by atoms with van der Waals surface area (Å²) in [5.74, 6) is -0.329. The SMILES string of the molecule is Cc1c(OCC(=O)Nc2ccccc2Cl)c(=O)ccn1CCO. The topological polar surface area (TPSA) is 80.6 Å². The van der Waals surface area contributed by atoms with Gasteiger partial charge in [0.05, 0.1) is 23.0 Å². The molecule has 23 heavy (non-hydrogen) atoms. The van der Waals surface area contributed by atoms with Gasteiger partial charge in [0, 0.05) is 18.8 Å². The van der Waals surface area contributed by atoms with Crippen LogP contribution in [0.4, 0.5) is 5.69 Å². The molecule has 0 aliphatic rings. The van der Waals surface area contributed by atoms with Crippen LogP contribution in [-0.2, 0) is 11.3 Å². The fourth-order valence-corrected chi connectivity index (χ4v) is 2.25. The summed E-state index contributed by atoms with van der Waals surface area (Å²) in [6.07, 6.45) is 1.57. The van der Waals surface area contributed by atoms with E-state index in [1.165, 1.54) is 6.07 Å². The van der Waals surface area contributed by atoms with E-state index in [0.717, 1.165) is 0 Å². The maximum Gasteiger partial charge on any atom is 0.262 e. The van der Waals surface area contributed by atoms with Crippen LogP contribution in [0, 0.1) is 6.92 Å². The molecule has 6 nitrogen and oxygen atoms in total. The second-order valence-electron chi connectivity index (χ2n) is 4.83. The van der Waals surface area contributed by atoms with Crippen molar-refractivity contribution in [3.8, 4) is 5.75 Å². The number of aliphatic hydroxyl groups is 1. The fourth-order valence-electron chi connectivity index (χ4n) is 2.07. The van der Waals surface area contributed by atoms with Gasteiger partial charge in [-0.05, 0) is 19.1 Å². The Balaban J connectivity index is 2.06. The number of ether oxygens (including phenoxy) is 1. The molecule has 1 aromatic carbocycles. The number of amides is 1. The first-order chi connectivity index (χ1) is 11.0. The summed E-state index contributed by atoms with van der Waals surface area (Å²) in [5, 5.41) is 12.0. The number of benzene rings is 1. The van der Waals surface area contributed by atoms with Crippen molar-refractivity contribution in [3.05, 3.63) is 57.5 Å². The summed E-state index contributed by atoms with van der Waals surface area (Å²) >= 11 is 5.96. The molecule has 0 radical (unpaired) electrons. The van der Waals surface area contributed by atoms with Gasteiger partial charge in [0.25, 0.3) is 5.91 Å². The number of hydrogen-bond donors (Lipinski definition) is 2. The Bertz CT molecular complexity index is 758. The lowest BCUT2D eigenvalue weighted by Crippen LogP contribution is -2.24. The zero-order valence-electron chi connectivity index (χ0n) is 12.6. The summed E-state index contributed by atoms with van der Waals surface area (Å²) in [6, 6.07) is 8.17. The number of nitrogens with one attached hydrogen (secondary N) is 1. The number of aromatic nitrogens is 1. The molecule has 1 amide bonds. The first kappa shape index (κ1) is 17.1. The van der Waals surface area contributed by atoms with Crippen molar-refractivity contribution in [1.29, 1.82) is 0 Å². The third-order valence-electron chi connectivity index (χ3n) is 3.23. The van der Waals surface area contributed by atoms with Gasteiger partial charge in [-0.25, -0.2) is 0 Å². The maximum atomic E-state index is 11.9. The van der Waals surface area contributed by atoms with Gasteiger partial charge in [0.2, 0.25) is 5.43 Å². The molecule has 0 aliphatic carbocycles. The first-order valence-electron chi connectivity index (χ1n) is 7.01. The Labute approximate surface area is 138 Å². The number of para-hydroxylation sites is 1. The third-order valence-corrected chi connectivity index (χ3v) is 3.56. The number of carbonyl (C=O) groups excluding carboxylic acids is 1. The van der Waals surface area contributed by atoms with Crippen LogP contribution in [0.25, 0.3) is 0 Å². The second-order valence-corrected chi connectivity index (χ2v) is 5.24. The highest BCUT2D eigenvalue weighted by Gasteiger charge is 2.11. The molecule has 2 aromatic rings. The molecule has 0 fully saturated rings. The normalized spacial score (nSPS) is 10.4. The monoisotopic (exact) mass is 336 g/mol. The zero-order valence-corrected chi connectivity index (χ0v) is 13.3. The third kappa shape index (κ3) is 4.34. The molecule has 0 atom stereocenters. The highest BCUT2D eigenvalue weighted by Crippen LogP contribution is 2.20. The van der Waals surface area contributed by atoms with E-state index in [-0.39, 0.29) is 24.4 Å². The number of nitrogens with zero attached hydrogens (tertiary/aromatic N) is 1. The molecule has 0 bridgehead atoms. The Kier molecular flexibility index (Phi) is 5.78. The maximum absolute atomic E-state index is 11.9. The summed E-state index contributed by atoms with van der Waals surface area (Å²) < 4.78 is 7.04. The summed E-state index contributed by atoms with van der Waals surface area (Å²) in [5.41, 5.74) is 0.713. The van der Waals surface area contributed by atoms with E-state index in [0.29, 0.717) is 22.9 Å². The predicted molar refractivity (Wildman–Crippen MR) is 88.1 cm³/mol. The Morgan fingerprint density at radius 2 is 2.09 bits per heavy atom. The average Bonchev–Trinajstić information content (AvgIpc) is 2.52. The van der Waals surface area contributed by atoms with Crippen LogP contribution in [0.3, 0.4) is 0 Å². The van der Waals surface area contributed by atoms with Gasteiger partial charge in [-0.2, -0.15) is 0 Å². The van der Waals surface area contributed by atoms with Gasteiger partial charge in [0.15, 0.2) is 12.4 Å². The van der Waals surface area contributed by atoms with Crippen LogP contribution >= 0.6 is 11.6 Å². The van der Waals surface area contributed by atoms with Gasteiger partial charge in [-0.15, -0.1) is 0 Å². The lowest BCUT2D eigenvalue weighted by Gasteiger charge is -2.14. The number of carbonyl (C=O) groups is 1. The average molecular weight is 337 g/mol. The van der Waals surface area contributed by atoms with Crippen LogP contribution in [0.5, 0.6) is 5.75 Å². The minimum Gasteiger partial charge on any atom is -0.478 e. The van der Waals surface area contributed by atoms with Crippen molar-refractivity contribution < 1.29 is 14.6 Å². The largest absolute Gasteiger partial charge is 0.478 e. The summed E-state index contributed by atoms with van der Waals surface area (Å²) in [6.45, 7) is 1.66. The van der Waals surface area contributed by atoms with Crippen molar-refractivity contribution in [3.63, 3.8) is 0 Å². The highest BCUT2D eigenvalue weighted by atomic mass is 35.5. The minimum atomic E-state index is -0.422. The van der Waals surface area contributed by atoms with Gasteiger partial charge < -0.3 is 19.7 Å². The lowest BCUT2D eigenvalue weighted by atomic mass is 10.3.